The second-order valence-electron chi connectivity index (χ2n) is 4.21. The van der Waals surface area contributed by atoms with E-state index in [1.54, 1.807) is 0 Å². The topological polar surface area (TPSA) is 15.3 Å². The van der Waals surface area contributed by atoms with Crippen molar-refractivity contribution >= 4 is 22.6 Å². The fraction of sp³-hybridized carbons (Fsp3) is 1.00. The van der Waals surface area contributed by atoms with Crippen LogP contribution in [0.5, 0.6) is 0 Å². The molecule has 0 saturated carbocycles. The third-order valence-corrected chi connectivity index (χ3v) is 4.15. The standard InChI is InChI=1S/C9H17IN2/c1-8(10)12-4-2-9(3-5-12)6-11-7-9/h8,11H,2-7H2,1H3. The lowest BCUT2D eigenvalue weighted by atomic mass is 9.73. The summed E-state index contributed by atoms with van der Waals surface area (Å²) < 4.78 is 0.716. The Morgan fingerprint density at radius 3 is 2.25 bits per heavy atom. The van der Waals surface area contributed by atoms with Crippen LogP contribution in [0.1, 0.15) is 19.8 Å². The highest BCUT2D eigenvalue weighted by molar-refractivity contribution is 14.1. The van der Waals surface area contributed by atoms with Crippen molar-refractivity contribution in [3.8, 4) is 0 Å². The predicted molar refractivity (Wildman–Crippen MR) is 59.6 cm³/mol. The summed E-state index contributed by atoms with van der Waals surface area (Å²) in [5.74, 6) is 0. The molecule has 0 aliphatic carbocycles. The first-order chi connectivity index (χ1) is 5.72. The zero-order valence-corrected chi connectivity index (χ0v) is 9.80. The van der Waals surface area contributed by atoms with E-state index in [0.29, 0.717) is 9.46 Å². The molecule has 70 valence electrons. The number of rotatable bonds is 1. The zero-order chi connectivity index (χ0) is 8.60. The van der Waals surface area contributed by atoms with Crippen molar-refractivity contribution in [2.45, 2.75) is 23.8 Å². The summed E-state index contributed by atoms with van der Waals surface area (Å²) in [7, 11) is 0. The minimum atomic E-state index is 0.710. The first kappa shape index (κ1) is 9.21. The number of nitrogens with zero attached hydrogens (tertiary/aromatic N) is 1. The molecule has 2 aliphatic heterocycles. The Labute approximate surface area is 88.2 Å². The lowest BCUT2D eigenvalue weighted by Crippen LogP contribution is -2.58. The molecule has 2 fully saturated rings. The molecule has 1 atom stereocenters. The maximum absolute atomic E-state index is 3.40. The molecule has 3 heteroatoms. The average Bonchev–Trinajstić information content (AvgIpc) is 2.02. The number of alkyl halides is 1. The lowest BCUT2D eigenvalue weighted by Gasteiger charge is -2.49. The Kier molecular flexibility index (Phi) is 2.63. The lowest BCUT2D eigenvalue weighted by molar-refractivity contribution is 0.0552. The van der Waals surface area contributed by atoms with Crippen molar-refractivity contribution in [3.63, 3.8) is 0 Å². The summed E-state index contributed by atoms with van der Waals surface area (Å²) in [5, 5.41) is 3.40. The van der Waals surface area contributed by atoms with Gasteiger partial charge < -0.3 is 5.32 Å². The molecule has 2 heterocycles. The molecule has 1 unspecified atom stereocenters. The maximum atomic E-state index is 3.40. The zero-order valence-electron chi connectivity index (χ0n) is 7.65. The third kappa shape index (κ3) is 1.63. The minimum Gasteiger partial charge on any atom is -0.316 e. The Bertz CT molecular complexity index is 156. The molecule has 2 nitrogen and oxygen atoms in total. The van der Waals surface area contributed by atoms with E-state index in [9.17, 15) is 0 Å². The van der Waals surface area contributed by atoms with Gasteiger partial charge in [0, 0.05) is 13.1 Å². The van der Waals surface area contributed by atoms with Gasteiger partial charge in [-0.05, 0) is 38.3 Å². The number of hydrogen-bond donors (Lipinski definition) is 1. The van der Waals surface area contributed by atoms with E-state index in [2.05, 4.69) is 39.7 Å². The van der Waals surface area contributed by atoms with Gasteiger partial charge in [0.25, 0.3) is 0 Å². The highest BCUT2D eigenvalue weighted by Crippen LogP contribution is 2.35. The predicted octanol–water partition coefficient (Wildman–Crippen LogP) is 1.45. The molecule has 1 spiro atoms. The first-order valence-electron chi connectivity index (χ1n) is 4.81. The van der Waals surface area contributed by atoms with E-state index >= 15 is 0 Å². The van der Waals surface area contributed by atoms with Gasteiger partial charge in [0.2, 0.25) is 0 Å². The van der Waals surface area contributed by atoms with Crippen LogP contribution in [0.2, 0.25) is 0 Å². The molecule has 2 rings (SSSR count). The van der Waals surface area contributed by atoms with Crippen LogP contribution in [0.25, 0.3) is 0 Å². The molecular weight excluding hydrogens is 263 g/mol. The van der Waals surface area contributed by atoms with Crippen LogP contribution < -0.4 is 5.32 Å². The Hall–Kier alpha value is 0.650. The van der Waals surface area contributed by atoms with E-state index < -0.39 is 0 Å². The first-order valence-corrected chi connectivity index (χ1v) is 6.05. The number of likely N-dealkylation sites (tertiary alicyclic amines) is 1. The van der Waals surface area contributed by atoms with Crippen molar-refractivity contribution in [2.24, 2.45) is 5.41 Å². The summed E-state index contributed by atoms with van der Waals surface area (Å²) in [5.41, 5.74) is 0.710. The number of halogens is 1. The van der Waals surface area contributed by atoms with Crippen molar-refractivity contribution in [2.75, 3.05) is 26.2 Å². The minimum absolute atomic E-state index is 0.710. The summed E-state index contributed by atoms with van der Waals surface area (Å²) in [6.07, 6.45) is 2.82. The van der Waals surface area contributed by atoms with Gasteiger partial charge in [0.1, 0.15) is 0 Å². The smallest absolute Gasteiger partial charge is 0.0589 e. The van der Waals surface area contributed by atoms with Gasteiger partial charge in [-0.1, -0.05) is 22.6 Å². The van der Waals surface area contributed by atoms with Crippen LogP contribution in [0, 0.1) is 5.41 Å². The van der Waals surface area contributed by atoms with Crippen LogP contribution >= 0.6 is 22.6 Å². The van der Waals surface area contributed by atoms with E-state index in [1.807, 2.05) is 0 Å². The summed E-state index contributed by atoms with van der Waals surface area (Å²) in [4.78, 5) is 2.59. The van der Waals surface area contributed by atoms with Gasteiger partial charge in [0.05, 0.1) is 4.05 Å². The van der Waals surface area contributed by atoms with Gasteiger partial charge in [-0.25, -0.2) is 0 Å². The summed E-state index contributed by atoms with van der Waals surface area (Å²) in [6.45, 7) is 7.46. The summed E-state index contributed by atoms with van der Waals surface area (Å²) in [6, 6.07) is 0. The monoisotopic (exact) mass is 280 g/mol. The van der Waals surface area contributed by atoms with Crippen LogP contribution in [0.4, 0.5) is 0 Å². The van der Waals surface area contributed by atoms with Gasteiger partial charge >= 0.3 is 0 Å². The molecule has 0 aromatic rings. The molecule has 12 heavy (non-hydrogen) atoms. The van der Waals surface area contributed by atoms with E-state index in [0.717, 1.165) is 0 Å². The van der Waals surface area contributed by atoms with Crippen molar-refractivity contribution in [3.05, 3.63) is 0 Å². The van der Waals surface area contributed by atoms with Crippen LogP contribution in [0.15, 0.2) is 0 Å². The molecule has 0 amide bonds. The molecule has 1 N–H and O–H groups in total. The second kappa shape index (κ2) is 3.42. The van der Waals surface area contributed by atoms with E-state index in [-0.39, 0.29) is 0 Å². The Balaban J connectivity index is 1.84. The highest BCUT2D eigenvalue weighted by atomic mass is 127. The maximum Gasteiger partial charge on any atom is 0.0589 e. The number of hydrogen-bond acceptors (Lipinski definition) is 2. The molecule has 0 aromatic heterocycles. The van der Waals surface area contributed by atoms with Crippen molar-refractivity contribution < 1.29 is 0 Å². The fourth-order valence-electron chi connectivity index (χ4n) is 2.19. The van der Waals surface area contributed by atoms with Crippen molar-refractivity contribution in [1.82, 2.24) is 10.2 Å². The SMILES string of the molecule is CC(I)N1CCC2(CC1)CNC2. The van der Waals surface area contributed by atoms with Crippen LogP contribution in [0.3, 0.4) is 0 Å². The molecular formula is C9H17IN2. The Morgan fingerprint density at radius 2 is 1.92 bits per heavy atom. The van der Waals surface area contributed by atoms with Crippen molar-refractivity contribution in [1.29, 1.82) is 0 Å². The normalized spacial score (nSPS) is 31.5. The number of nitrogens with one attached hydrogen (secondary N) is 1. The highest BCUT2D eigenvalue weighted by Gasteiger charge is 2.39. The molecule has 0 bridgehead atoms. The van der Waals surface area contributed by atoms with Gasteiger partial charge in [-0.3, -0.25) is 4.90 Å². The second-order valence-corrected chi connectivity index (χ2v) is 6.02. The fourth-order valence-corrected chi connectivity index (χ4v) is 2.74. The summed E-state index contributed by atoms with van der Waals surface area (Å²) >= 11 is 2.51. The van der Waals surface area contributed by atoms with Gasteiger partial charge in [-0.2, -0.15) is 0 Å². The number of piperidine rings is 1. The van der Waals surface area contributed by atoms with Crippen LogP contribution in [-0.4, -0.2) is 35.1 Å². The quantitative estimate of drug-likeness (QED) is 0.444. The van der Waals surface area contributed by atoms with Gasteiger partial charge in [0.15, 0.2) is 0 Å². The molecule has 2 aliphatic rings. The average molecular weight is 280 g/mol. The molecule has 0 aromatic carbocycles. The van der Waals surface area contributed by atoms with Gasteiger partial charge in [-0.15, -0.1) is 0 Å². The van der Waals surface area contributed by atoms with E-state index in [4.69, 9.17) is 0 Å². The van der Waals surface area contributed by atoms with Crippen LogP contribution in [-0.2, 0) is 0 Å². The molecule has 0 radical (unpaired) electrons. The Morgan fingerprint density at radius 1 is 1.33 bits per heavy atom. The molecule has 2 saturated heterocycles. The van der Waals surface area contributed by atoms with E-state index in [1.165, 1.54) is 39.0 Å². The largest absolute Gasteiger partial charge is 0.316 e. The third-order valence-electron chi connectivity index (χ3n) is 3.36.